The fourth-order valence-electron chi connectivity index (χ4n) is 2.97. The van der Waals surface area contributed by atoms with Crippen LogP contribution < -0.4 is 5.73 Å². The van der Waals surface area contributed by atoms with Crippen LogP contribution in [0.5, 0.6) is 0 Å². The van der Waals surface area contributed by atoms with E-state index >= 15 is 0 Å². The van der Waals surface area contributed by atoms with Crippen molar-refractivity contribution < 1.29 is 0 Å². The molecule has 2 N–H and O–H groups in total. The van der Waals surface area contributed by atoms with Crippen LogP contribution in [0.15, 0.2) is 0 Å². The van der Waals surface area contributed by atoms with Gasteiger partial charge in [-0.15, -0.1) is 0 Å². The molecule has 2 saturated heterocycles. The Morgan fingerprint density at radius 2 is 1.87 bits per heavy atom. The molecule has 0 bridgehead atoms. The maximum Gasteiger partial charge on any atom is 0.0168 e. The minimum atomic E-state index is 0.433. The second-order valence-electron chi connectivity index (χ2n) is 5.06. The molecule has 1 atom stereocenters. The summed E-state index contributed by atoms with van der Waals surface area (Å²) in [6, 6.07) is 1.25. The summed E-state index contributed by atoms with van der Waals surface area (Å²) in [6.07, 6.45) is 5.22. The standard InChI is InChI=1S/C12H25N3/c1-2-14-8-5-12(6-9-14)15-7-3-4-11(13)10-15/h11-12H,2-10,13H2,1H3/t11-/m0/s1. The molecule has 88 valence electrons. The molecular weight excluding hydrogens is 186 g/mol. The van der Waals surface area contributed by atoms with Crippen LogP contribution in [0.3, 0.4) is 0 Å². The molecule has 0 aliphatic carbocycles. The van der Waals surface area contributed by atoms with Crippen LogP contribution in [0.25, 0.3) is 0 Å². The Kier molecular flexibility index (Phi) is 4.00. The maximum absolute atomic E-state index is 6.03. The first-order valence-corrected chi connectivity index (χ1v) is 6.51. The van der Waals surface area contributed by atoms with Crippen molar-refractivity contribution in [3.63, 3.8) is 0 Å². The van der Waals surface area contributed by atoms with Crippen molar-refractivity contribution in [3.05, 3.63) is 0 Å². The van der Waals surface area contributed by atoms with Crippen molar-refractivity contribution in [1.82, 2.24) is 9.80 Å². The molecule has 0 aromatic heterocycles. The highest BCUT2D eigenvalue weighted by Crippen LogP contribution is 2.20. The van der Waals surface area contributed by atoms with E-state index in [2.05, 4.69) is 16.7 Å². The van der Waals surface area contributed by atoms with Crippen molar-refractivity contribution in [2.24, 2.45) is 5.73 Å². The van der Waals surface area contributed by atoms with Gasteiger partial charge in [0, 0.05) is 18.6 Å². The van der Waals surface area contributed by atoms with Gasteiger partial charge >= 0.3 is 0 Å². The SMILES string of the molecule is CCN1CCC(N2CCC[C@H](N)C2)CC1. The number of rotatable bonds is 2. The van der Waals surface area contributed by atoms with Gasteiger partial charge in [0.15, 0.2) is 0 Å². The predicted molar refractivity (Wildman–Crippen MR) is 63.9 cm³/mol. The lowest BCUT2D eigenvalue weighted by molar-refractivity contribution is 0.0879. The first-order valence-electron chi connectivity index (χ1n) is 6.51. The molecule has 0 aromatic carbocycles. The Morgan fingerprint density at radius 3 is 2.47 bits per heavy atom. The third-order valence-electron chi connectivity index (χ3n) is 4.01. The molecule has 2 fully saturated rings. The number of piperidine rings is 2. The summed E-state index contributed by atoms with van der Waals surface area (Å²) in [5.74, 6) is 0. The summed E-state index contributed by atoms with van der Waals surface area (Å²) < 4.78 is 0. The quantitative estimate of drug-likeness (QED) is 0.736. The molecule has 3 heteroatoms. The van der Waals surface area contributed by atoms with Crippen LogP contribution in [0.2, 0.25) is 0 Å². The van der Waals surface area contributed by atoms with Crippen LogP contribution in [0, 0.1) is 0 Å². The highest BCUT2D eigenvalue weighted by Gasteiger charge is 2.26. The lowest BCUT2D eigenvalue weighted by Crippen LogP contribution is -2.51. The van der Waals surface area contributed by atoms with E-state index < -0.39 is 0 Å². The molecule has 0 saturated carbocycles. The van der Waals surface area contributed by atoms with Crippen molar-refractivity contribution in [2.75, 3.05) is 32.7 Å². The van der Waals surface area contributed by atoms with Gasteiger partial charge in [-0.1, -0.05) is 6.92 Å². The second kappa shape index (κ2) is 5.28. The Morgan fingerprint density at radius 1 is 1.13 bits per heavy atom. The second-order valence-corrected chi connectivity index (χ2v) is 5.06. The average Bonchev–Trinajstić information content (AvgIpc) is 2.29. The van der Waals surface area contributed by atoms with E-state index in [1.807, 2.05) is 0 Å². The van der Waals surface area contributed by atoms with Gasteiger partial charge in [-0.25, -0.2) is 0 Å². The zero-order valence-electron chi connectivity index (χ0n) is 9.99. The fourth-order valence-corrected chi connectivity index (χ4v) is 2.97. The number of hydrogen-bond donors (Lipinski definition) is 1. The molecule has 2 aliphatic rings. The van der Waals surface area contributed by atoms with Crippen molar-refractivity contribution in [2.45, 2.75) is 44.7 Å². The van der Waals surface area contributed by atoms with Crippen molar-refractivity contribution in [1.29, 1.82) is 0 Å². The third-order valence-corrected chi connectivity index (χ3v) is 4.01. The van der Waals surface area contributed by atoms with E-state index in [-0.39, 0.29) is 0 Å². The summed E-state index contributed by atoms with van der Waals surface area (Å²) in [4.78, 5) is 5.20. The molecule has 0 spiro atoms. The maximum atomic E-state index is 6.03. The molecule has 2 rings (SSSR count). The lowest BCUT2D eigenvalue weighted by Gasteiger charge is -2.41. The van der Waals surface area contributed by atoms with Gasteiger partial charge in [0.2, 0.25) is 0 Å². The Labute approximate surface area is 93.6 Å². The Balaban J connectivity index is 1.79. The molecule has 0 aromatic rings. The van der Waals surface area contributed by atoms with Gasteiger partial charge in [-0.05, 0) is 51.9 Å². The summed E-state index contributed by atoms with van der Waals surface area (Å²) in [6.45, 7) is 8.46. The molecule has 2 aliphatic heterocycles. The number of nitrogens with zero attached hydrogens (tertiary/aromatic N) is 2. The average molecular weight is 211 g/mol. The fraction of sp³-hybridized carbons (Fsp3) is 1.00. The minimum Gasteiger partial charge on any atom is -0.327 e. The third kappa shape index (κ3) is 2.92. The zero-order valence-corrected chi connectivity index (χ0v) is 9.99. The van der Waals surface area contributed by atoms with E-state index in [1.165, 1.54) is 51.9 Å². The molecule has 0 radical (unpaired) electrons. The first-order chi connectivity index (χ1) is 7.29. The molecule has 15 heavy (non-hydrogen) atoms. The highest BCUT2D eigenvalue weighted by atomic mass is 15.2. The Hall–Kier alpha value is -0.120. The smallest absolute Gasteiger partial charge is 0.0168 e. The number of hydrogen-bond acceptors (Lipinski definition) is 3. The molecule has 0 unspecified atom stereocenters. The molecule has 3 nitrogen and oxygen atoms in total. The van der Waals surface area contributed by atoms with Gasteiger partial charge < -0.3 is 10.6 Å². The molecule has 0 amide bonds. The molecular formula is C12H25N3. The van der Waals surface area contributed by atoms with Gasteiger partial charge in [-0.2, -0.15) is 0 Å². The van der Waals surface area contributed by atoms with Gasteiger partial charge in [0.25, 0.3) is 0 Å². The van der Waals surface area contributed by atoms with Crippen LogP contribution >= 0.6 is 0 Å². The summed E-state index contributed by atoms with van der Waals surface area (Å²) in [5.41, 5.74) is 6.03. The zero-order chi connectivity index (χ0) is 10.7. The summed E-state index contributed by atoms with van der Waals surface area (Å²) in [7, 11) is 0. The van der Waals surface area contributed by atoms with Gasteiger partial charge in [0.1, 0.15) is 0 Å². The molecule has 2 heterocycles. The normalized spacial score (nSPS) is 32.0. The van der Waals surface area contributed by atoms with E-state index in [0.29, 0.717) is 6.04 Å². The Bertz CT molecular complexity index is 187. The lowest BCUT2D eigenvalue weighted by atomic mass is 9.98. The number of likely N-dealkylation sites (tertiary alicyclic amines) is 2. The van der Waals surface area contributed by atoms with Gasteiger partial charge in [-0.3, -0.25) is 4.90 Å². The first kappa shape index (κ1) is 11.4. The van der Waals surface area contributed by atoms with Crippen molar-refractivity contribution >= 4 is 0 Å². The topological polar surface area (TPSA) is 32.5 Å². The monoisotopic (exact) mass is 211 g/mol. The van der Waals surface area contributed by atoms with Gasteiger partial charge in [0.05, 0.1) is 0 Å². The van der Waals surface area contributed by atoms with E-state index in [1.54, 1.807) is 0 Å². The highest BCUT2D eigenvalue weighted by molar-refractivity contribution is 4.84. The van der Waals surface area contributed by atoms with Crippen LogP contribution in [0.1, 0.15) is 32.6 Å². The summed E-state index contributed by atoms with van der Waals surface area (Å²) in [5, 5.41) is 0. The number of nitrogens with two attached hydrogens (primary N) is 1. The largest absolute Gasteiger partial charge is 0.327 e. The van der Waals surface area contributed by atoms with E-state index in [9.17, 15) is 0 Å². The van der Waals surface area contributed by atoms with E-state index in [4.69, 9.17) is 5.73 Å². The summed E-state index contributed by atoms with van der Waals surface area (Å²) >= 11 is 0. The van der Waals surface area contributed by atoms with Crippen LogP contribution in [0.4, 0.5) is 0 Å². The van der Waals surface area contributed by atoms with Crippen LogP contribution in [-0.2, 0) is 0 Å². The van der Waals surface area contributed by atoms with Crippen molar-refractivity contribution in [3.8, 4) is 0 Å². The minimum absolute atomic E-state index is 0.433. The van der Waals surface area contributed by atoms with E-state index in [0.717, 1.165) is 12.6 Å². The predicted octanol–water partition coefficient (Wildman–Crippen LogP) is 0.894. The van der Waals surface area contributed by atoms with Crippen LogP contribution in [-0.4, -0.2) is 54.6 Å².